The number of anilines is 23. The average molecular weight is 1940 g/mol. The molecule has 143 heavy (non-hydrogen) atoms. The Morgan fingerprint density at radius 2 is 0.455 bits per heavy atom. The monoisotopic (exact) mass is 1940 g/mol. The van der Waals surface area contributed by atoms with Crippen LogP contribution in [0.5, 0.6) is 0 Å². The van der Waals surface area contributed by atoms with E-state index in [1.807, 2.05) is 238 Å². The molecule has 0 aliphatic heterocycles. The largest absolute Gasteiger partial charge is 0.368 e. The summed E-state index contributed by atoms with van der Waals surface area (Å²) in [4.78, 5) is 108. The number of para-hydroxylation sites is 2. The molecule has 0 saturated carbocycles. The summed E-state index contributed by atoms with van der Waals surface area (Å²) in [6, 6.07) is 80.7. The second kappa shape index (κ2) is 58.9. The zero-order valence-corrected chi connectivity index (χ0v) is 83.1. The number of nitrogens with one attached hydrogen (secondary N) is 9. The van der Waals surface area contributed by atoms with Crippen molar-refractivity contribution in [2.75, 3.05) is 216 Å². The lowest BCUT2D eigenvalue weighted by atomic mass is 10.1. The van der Waals surface area contributed by atoms with Gasteiger partial charge in [0.05, 0.1) is 0 Å². The van der Waals surface area contributed by atoms with E-state index in [1.54, 1.807) is 54.5 Å². The second-order valence-electron chi connectivity index (χ2n) is 31.8. The lowest BCUT2D eigenvalue weighted by Crippen LogP contribution is -2.22. The number of rotatable bonds is 34. The first-order chi connectivity index (χ1) is 69.0. The van der Waals surface area contributed by atoms with Crippen LogP contribution in [0.2, 0.25) is 0 Å². The molecular weight excluding hydrogens is 1810 g/mol. The van der Waals surface area contributed by atoms with Crippen molar-refractivity contribution >= 4 is 136 Å². The van der Waals surface area contributed by atoms with E-state index in [1.165, 1.54) is 27.8 Å². The van der Waals surface area contributed by atoms with Crippen molar-refractivity contribution in [2.24, 2.45) is 0 Å². The Hall–Kier alpha value is -18.4. The molecule has 0 amide bonds. The maximum Gasteiger partial charge on any atom is 0.233 e. The zero-order valence-electron chi connectivity index (χ0n) is 83.1. The number of benzene rings is 8. The van der Waals surface area contributed by atoms with E-state index in [9.17, 15) is 0 Å². The number of nitrogens with zero attached hydrogens (tertiary/aromatic N) is 29. The maximum atomic E-state index is 5.66. The molecule has 746 valence electrons. The first-order valence-corrected chi connectivity index (χ1v) is 45.6. The summed E-state index contributed by atoms with van der Waals surface area (Å²) in [7, 11) is 20.5. The second-order valence-corrected chi connectivity index (χ2v) is 31.8. The van der Waals surface area contributed by atoms with Crippen LogP contribution in [0.1, 0.15) is 63.7 Å². The fourth-order valence-corrected chi connectivity index (χ4v) is 12.3. The van der Waals surface area contributed by atoms with Gasteiger partial charge in [-0.2, -0.15) is 120 Å². The summed E-state index contributed by atoms with van der Waals surface area (Å²) in [5.74, 6) is 10.8. The van der Waals surface area contributed by atoms with Gasteiger partial charge in [0.2, 0.25) is 125 Å². The van der Waals surface area contributed by atoms with Crippen LogP contribution >= 0.6 is 0 Å². The average Bonchev–Trinajstić information content (AvgIpc) is 0.848. The first-order valence-electron chi connectivity index (χ1n) is 45.6. The fourth-order valence-electron chi connectivity index (χ4n) is 12.3. The summed E-state index contributed by atoms with van der Waals surface area (Å²) in [5, 5.41) is 27.7. The zero-order chi connectivity index (χ0) is 102. The quantitative estimate of drug-likeness (QED) is 0.0167. The Bertz CT molecular complexity index is 6260. The van der Waals surface area contributed by atoms with Gasteiger partial charge >= 0.3 is 0 Å². The molecule has 8 aromatic heterocycles. The van der Waals surface area contributed by atoms with Crippen molar-refractivity contribution in [3.8, 4) is 0 Å². The van der Waals surface area contributed by atoms with Crippen molar-refractivity contribution in [3.05, 3.63) is 294 Å². The maximum absolute atomic E-state index is 5.66. The van der Waals surface area contributed by atoms with Crippen LogP contribution in [0.15, 0.2) is 243 Å². The highest BCUT2D eigenvalue weighted by molar-refractivity contribution is 5.56. The topological polar surface area (TPSA) is 616 Å². The molecule has 0 aliphatic carbocycles. The number of nitrogens with two attached hydrogens (primary N) is 7. The normalized spacial score (nSPS) is 10.1. The molecule has 0 aliphatic rings. The molecule has 0 fully saturated rings. The van der Waals surface area contributed by atoms with Gasteiger partial charge in [0, 0.05) is 128 Å². The van der Waals surface area contributed by atoms with Crippen molar-refractivity contribution in [3.63, 3.8) is 0 Å². The molecule has 0 radical (unpaired) electrons. The van der Waals surface area contributed by atoms with Crippen LogP contribution in [0.25, 0.3) is 0 Å². The minimum Gasteiger partial charge on any atom is -0.368 e. The van der Waals surface area contributed by atoms with E-state index < -0.39 is 0 Å². The molecule has 0 saturated heterocycles. The van der Waals surface area contributed by atoms with E-state index in [0.29, 0.717) is 114 Å². The Kier molecular flexibility index (Phi) is 44.6. The lowest BCUT2D eigenvalue weighted by Gasteiger charge is -2.18. The summed E-state index contributed by atoms with van der Waals surface area (Å²) in [6.45, 7) is 9.88. The number of aryl methyl sites for hydroxylation is 5. The van der Waals surface area contributed by atoms with Crippen LogP contribution in [-0.2, 0) is 38.8 Å². The third kappa shape index (κ3) is 42.0. The molecule has 8 aromatic carbocycles. The van der Waals surface area contributed by atoms with E-state index in [0.717, 1.165) is 81.6 Å². The van der Waals surface area contributed by atoms with Gasteiger partial charge in [-0.3, -0.25) is 0 Å². The smallest absolute Gasteiger partial charge is 0.233 e. The van der Waals surface area contributed by atoms with Gasteiger partial charge in [0.25, 0.3) is 0 Å². The van der Waals surface area contributed by atoms with E-state index >= 15 is 0 Å². The van der Waals surface area contributed by atoms with Crippen molar-refractivity contribution < 1.29 is 0 Å². The third-order valence-corrected chi connectivity index (χ3v) is 19.2. The lowest BCUT2D eigenvalue weighted by molar-refractivity contribution is 0.763. The van der Waals surface area contributed by atoms with Gasteiger partial charge in [0.15, 0.2) is 0 Å². The van der Waals surface area contributed by atoms with Crippen molar-refractivity contribution in [1.82, 2.24) is 120 Å². The fraction of sp³-hybridized carbons (Fsp3) is 0.265. The standard InChI is InChI=1S/C15H22N6.C14H20N6.C13H18N6.C12H16N6.C12H15N5.C11H14N6.C11H13N5.C10H11N5/c1-16-13-18-14(17-2)20-15(19-13)21(3)11-7-10-12-8-5-4-6-9-12;1-20(2)14-18-12(15)17-13(19-14)16-10-6-9-11-7-4-3-5-8-11;1-19(2)13-17-11(14)16-12(18-13)15-9-8-10-6-4-3-5-7-10;1-18(2)12-16-10(13)15-11(17-12)14-8-9-6-4-3-5-7-9;1-9-15-11(13)17-12(16-9)14-8-7-10-5-3-2-4-6-10;1-17(2)11-15-9(12)14-10(16-11)13-8-6-4-3-5-7-8;1-8-14-10(12)16-11(15-8)13-7-9-5-3-2-4-6-9;1-7-12-9(11)15-10(13-7)14-8-5-3-2-4-6-8/h4-6,8-9H,7,10-11H2,1-3H3,(H2,16,17,18,19,20);3-5,7-8H,6,9-10H2,1-2H3,(H3,15,16,17,18,19);3-7H,8-9H2,1-2H3,(H3,14,15,16,17,18);3-7H,8H2,1-2H3,(H3,13,14,15,16,17);2-6H,7-8H2,1H3,(H3,13,14,15,16,17);3-7H,1-2H3,(H3,12,13,14,15,16);2-6H,7H2,1H3,(H3,12,13,14,15,16);2-6H,1H3,(H3,11,12,13,14,15). The van der Waals surface area contributed by atoms with Crippen LogP contribution < -0.4 is 112 Å². The predicted octanol–water partition coefficient (Wildman–Crippen LogP) is 11.5. The number of hydrogen-bond acceptors (Lipinski definition) is 45. The van der Waals surface area contributed by atoms with E-state index in [2.05, 4.69) is 240 Å². The Labute approximate surface area is 833 Å². The molecule has 8 heterocycles. The molecule has 45 heteroatoms. The van der Waals surface area contributed by atoms with Crippen molar-refractivity contribution in [1.29, 1.82) is 0 Å². The van der Waals surface area contributed by atoms with E-state index in [-0.39, 0.29) is 41.6 Å². The summed E-state index contributed by atoms with van der Waals surface area (Å²) in [6.07, 6.45) is 5.96. The van der Waals surface area contributed by atoms with Gasteiger partial charge in [-0.25, -0.2) is 0 Å². The molecule has 45 nitrogen and oxygen atoms in total. The minimum absolute atomic E-state index is 0.196. The van der Waals surface area contributed by atoms with Gasteiger partial charge < -0.3 is 112 Å². The summed E-state index contributed by atoms with van der Waals surface area (Å²) < 4.78 is 0. The van der Waals surface area contributed by atoms with Crippen molar-refractivity contribution in [2.45, 2.75) is 72.4 Å². The molecule has 16 aromatic rings. The van der Waals surface area contributed by atoms with Gasteiger partial charge in [0.1, 0.15) is 17.5 Å². The molecular formula is C98H129N45. The molecule has 0 bridgehead atoms. The third-order valence-electron chi connectivity index (χ3n) is 19.2. The Morgan fingerprint density at radius 1 is 0.217 bits per heavy atom. The highest BCUT2D eigenvalue weighted by Crippen LogP contribution is 2.21. The molecule has 0 spiro atoms. The van der Waals surface area contributed by atoms with Crippen LogP contribution in [0.3, 0.4) is 0 Å². The minimum atomic E-state index is 0.196. The molecule has 0 unspecified atom stereocenters. The van der Waals surface area contributed by atoms with Gasteiger partial charge in [-0.05, 0) is 117 Å². The van der Waals surface area contributed by atoms with Gasteiger partial charge in [-0.15, -0.1) is 0 Å². The first kappa shape index (κ1) is 108. The van der Waals surface area contributed by atoms with Crippen LogP contribution in [0.4, 0.5) is 136 Å². The number of nitrogen functional groups attached to an aromatic ring is 7. The highest BCUT2D eigenvalue weighted by Gasteiger charge is 2.14. The van der Waals surface area contributed by atoms with E-state index in [4.69, 9.17) is 40.1 Å². The Morgan fingerprint density at radius 3 is 0.769 bits per heavy atom. The molecule has 0 atom stereocenters. The van der Waals surface area contributed by atoms with Crippen LogP contribution in [-0.4, -0.2) is 223 Å². The van der Waals surface area contributed by atoms with Gasteiger partial charge in [-0.1, -0.05) is 218 Å². The summed E-state index contributed by atoms with van der Waals surface area (Å²) >= 11 is 0. The van der Waals surface area contributed by atoms with Crippen LogP contribution in [0, 0.1) is 20.8 Å². The Balaban J connectivity index is 0.000000183. The predicted molar refractivity (Wildman–Crippen MR) is 576 cm³/mol. The SMILES string of the molecule is CN(C)c1nc(N)nc(NCCCc2ccccc2)n1.CN(C)c1nc(N)nc(NCCc2ccccc2)n1.CN(C)c1nc(N)nc(NCc2ccccc2)n1.CN(C)c1nc(N)nc(Nc2ccccc2)n1.CNc1nc(NC)nc(N(C)CCCc2ccccc2)n1.Cc1nc(N)nc(NCCc2ccccc2)n1.Cc1nc(N)nc(NCc2ccccc2)n1.Cc1nc(N)nc(Nc2ccccc2)n1. The number of hydrogen-bond donors (Lipinski definition) is 16. The molecule has 23 N–H and O–H groups in total. The molecule has 16 rings (SSSR count). The number of aromatic nitrogens is 24. The highest BCUT2D eigenvalue weighted by atomic mass is 15.4. The summed E-state index contributed by atoms with van der Waals surface area (Å²) in [5.41, 5.74) is 48.5.